The molecule has 0 aromatic carbocycles. The normalized spacial score (nSPS) is 19.8. The molecule has 9 heteroatoms. The molecular weight excluding hydrogens is 333 g/mol. The third kappa shape index (κ3) is 4.06. The van der Waals surface area contributed by atoms with Crippen molar-refractivity contribution >= 4 is 28.1 Å². The Morgan fingerprint density at radius 1 is 1.58 bits per heavy atom. The molecule has 1 heterocycles. The lowest BCUT2D eigenvalue weighted by Crippen LogP contribution is -2.44. The van der Waals surface area contributed by atoms with Crippen LogP contribution in [0.4, 0.5) is 13.2 Å². The number of hydrogen-bond acceptors (Lipinski definition) is 4. The van der Waals surface area contributed by atoms with Crippen LogP contribution in [0.5, 0.6) is 0 Å². The molecule has 0 aromatic heterocycles. The predicted molar refractivity (Wildman–Crippen MR) is 62.8 cm³/mol. The van der Waals surface area contributed by atoms with Crippen LogP contribution in [0.2, 0.25) is 0 Å². The van der Waals surface area contributed by atoms with Crippen LogP contribution in [0.1, 0.15) is 6.42 Å². The summed E-state index contributed by atoms with van der Waals surface area (Å²) in [5.41, 5.74) is 3.82. The van der Waals surface area contributed by atoms with Crippen molar-refractivity contribution < 1.29 is 27.5 Å². The highest BCUT2D eigenvalue weighted by Crippen LogP contribution is 2.33. The minimum atomic E-state index is -4.63. The van der Waals surface area contributed by atoms with E-state index in [2.05, 4.69) is 15.9 Å². The fourth-order valence-electron chi connectivity index (χ4n) is 1.35. The molecule has 5 nitrogen and oxygen atoms in total. The van der Waals surface area contributed by atoms with E-state index in [0.717, 1.165) is 6.08 Å². The summed E-state index contributed by atoms with van der Waals surface area (Å²) < 4.78 is 42.7. The second-order valence-corrected chi connectivity index (χ2v) is 4.39. The molecule has 1 aliphatic rings. The number of rotatable bonds is 5. The molecule has 3 N–H and O–H groups in total. The van der Waals surface area contributed by atoms with Crippen molar-refractivity contribution in [2.45, 2.75) is 18.8 Å². The molecule has 1 atom stereocenters. The zero-order valence-corrected chi connectivity index (χ0v) is 11.0. The largest absolute Gasteiger partial charge is 0.432 e. The third-order valence-corrected chi connectivity index (χ3v) is 2.79. The van der Waals surface area contributed by atoms with Crippen molar-refractivity contribution in [1.82, 2.24) is 5.32 Å². The molecule has 0 aromatic rings. The van der Waals surface area contributed by atoms with Crippen LogP contribution < -0.4 is 11.1 Å². The van der Waals surface area contributed by atoms with E-state index in [4.69, 9.17) is 10.5 Å². The van der Waals surface area contributed by atoms with E-state index in [1.807, 2.05) is 5.32 Å². The van der Waals surface area contributed by atoms with Crippen LogP contribution in [-0.2, 0) is 14.3 Å². The molecule has 0 spiro atoms. The highest BCUT2D eigenvalue weighted by molar-refractivity contribution is 9.11. The van der Waals surface area contributed by atoms with E-state index in [1.165, 1.54) is 0 Å². The number of primary amides is 1. The van der Waals surface area contributed by atoms with Crippen LogP contribution in [-0.4, -0.2) is 31.2 Å². The first-order valence-corrected chi connectivity index (χ1v) is 5.86. The van der Waals surface area contributed by atoms with Gasteiger partial charge in [0.15, 0.2) is 6.23 Å². The number of nitrogens with one attached hydrogen (secondary N) is 1. The van der Waals surface area contributed by atoms with E-state index >= 15 is 0 Å². The Hall–Kier alpha value is -1.35. The molecule has 19 heavy (non-hydrogen) atoms. The number of carbonyl (C=O) groups excluding carboxylic acids is 2. The van der Waals surface area contributed by atoms with Gasteiger partial charge in [-0.15, -0.1) is 0 Å². The summed E-state index contributed by atoms with van der Waals surface area (Å²) in [7, 11) is 0. The number of carbonyl (C=O) groups is 2. The lowest BCUT2D eigenvalue weighted by molar-refractivity contribution is -0.118. The van der Waals surface area contributed by atoms with Crippen molar-refractivity contribution in [2.75, 3.05) is 6.61 Å². The highest BCUT2D eigenvalue weighted by Gasteiger charge is 2.40. The van der Waals surface area contributed by atoms with Gasteiger partial charge in [-0.1, -0.05) is 0 Å². The van der Waals surface area contributed by atoms with E-state index in [-0.39, 0.29) is 23.1 Å². The molecule has 1 rings (SSSR count). The van der Waals surface area contributed by atoms with Crippen LogP contribution >= 0.6 is 15.9 Å². The Morgan fingerprint density at radius 2 is 2.21 bits per heavy atom. The van der Waals surface area contributed by atoms with E-state index in [1.54, 1.807) is 0 Å². The van der Waals surface area contributed by atoms with Gasteiger partial charge < -0.3 is 20.6 Å². The maximum Gasteiger partial charge on any atom is 0.432 e. The fourth-order valence-corrected chi connectivity index (χ4v) is 1.93. The van der Waals surface area contributed by atoms with Crippen molar-refractivity contribution in [1.29, 1.82) is 0 Å². The maximum atomic E-state index is 12.7. The summed E-state index contributed by atoms with van der Waals surface area (Å²) in [6.45, 7) is -0.130. The first-order chi connectivity index (χ1) is 8.77. The van der Waals surface area contributed by atoms with Gasteiger partial charge in [0, 0.05) is 10.9 Å². The molecule has 0 radical (unpaired) electrons. The van der Waals surface area contributed by atoms with E-state index in [0.29, 0.717) is 6.29 Å². The van der Waals surface area contributed by atoms with Crippen LogP contribution in [0.3, 0.4) is 0 Å². The monoisotopic (exact) mass is 342 g/mol. The smallest absolute Gasteiger partial charge is 0.366 e. The number of nitrogens with two attached hydrogens (primary N) is 1. The van der Waals surface area contributed by atoms with E-state index < -0.39 is 24.0 Å². The number of alkyl halides is 3. The van der Waals surface area contributed by atoms with Gasteiger partial charge in [0.25, 0.3) is 0 Å². The summed E-state index contributed by atoms with van der Waals surface area (Å²) in [5.74, 6) is -0.915. The lowest BCUT2D eigenvalue weighted by Gasteiger charge is -2.28. The predicted octanol–water partition coefficient (Wildman–Crippen LogP) is 1.10. The van der Waals surface area contributed by atoms with Gasteiger partial charge in [-0.05, 0) is 22.0 Å². The van der Waals surface area contributed by atoms with Crippen molar-refractivity contribution in [3.63, 3.8) is 0 Å². The summed E-state index contributed by atoms with van der Waals surface area (Å²) in [6.07, 6.45) is -4.48. The minimum Gasteiger partial charge on any atom is -0.366 e. The Labute approximate surface area is 114 Å². The minimum absolute atomic E-state index is 0.00351. The zero-order valence-electron chi connectivity index (χ0n) is 9.46. The van der Waals surface area contributed by atoms with E-state index in [9.17, 15) is 22.8 Å². The fraction of sp³-hybridized carbons (Fsp3) is 0.400. The quantitative estimate of drug-likeness (QED) is 0.579. The Morgan fingerprint density at radius 3 is 2.68 bits per heavy atom. The molecule has 106 valence electrons. The van der Waals surface area contributed by atoms with Gasteiger partial charge >= 0.3 is 6.18 Å². The standard InChI is InChI=1S/C10H10BrF3N2O3/c11-6-4-5(8(15)18)9(19-3-1-2-17)16-7(6)10(12,13)14/h2,4,9,16H,1,3H2,(H2,15,18)/t9-/m1/s1. The third-order valence-electron chi connectivity index (χ3n) is 2.17. The number of aldehydes is 1. The number of ether oxygens (including phenoxy) is 1. The van der Waals surface area contributed by atoms with Crippen LogP contribution in [0.25, 0.3) is 0 Å². The van der Waals surface area contributed by atoms with Crippen molar-refractivity contribution in [3.8, 4) is 0 Å². The zero-order chi connectivity index (χ0) is 14.6. The van der Waals surface area contributed by atoms with Gasteiger partial charge in [-0.3, -0.25) is 4.79 Å². The average molecular weight is 343 g/mol. The Kier molecular flexibility index (Phi) is 5.12. The molecule has 0 bridgehead atoms. The highest BCUT2D eigenvalue weighted by atomic mass is 79.9. The number of hydrogen-bond donors (Lipinski definition) is 2. The molecular formula is C10H10BrF3N2O3. The van der Waals surface area contributed by atoms with Crippen molar-refractivity contribution in [3.05, 3.63) is 21.8 Å². The molecule has 0 fully saturated rings. The summed E-state index contributed by atoms with van der Waals surface area (Å²) in [4.78, 5) is 21.3. The number of dihydropyridines is 1. The SMILES string of the molecule is NC(=O)C1=CC(Br)=C(C(F)(F)F)N[C@@H]1OCCC=O. The maximum absolute atomic E-state index is 12.7. The van der Waals surface area contributed by atoms with Gasteiger partial charge in [0.1, 0.15) is 12.0 Å². The molecule has 0 aliphatic carbocycles. The lowest BCUT2D eigenvalue weighted by atomic mass is 10.1. The second kappa shape index (κ2) is 6.20. The van der Waals surface area contributed by atoms with Crippen molar-refractivity contribution in [2.24, 2.45) is 5.73 Å². The summed E-state index contributed by atoms with van der Waals surface area (Å²) in [6, 6.07) is 0. The van der Waals surface area contributed by atoms with Gasteiger partial charge in [0.2, 0.25) is 5.91 Å². The average Bonchev–Trinajstić information content (AvgIpc) is 2.29. The first-order valence-electron chi connectivity index (χ1n) is 5.07. The molecule has 1 aliphatic heterocycles. The topological polar surface area (TPSA) is 81.4 Å². The van der Waals surface area contributed by atoms with Gasteiger partial charge in [-0.2, -0.15) is 13.2 Å². The summed E-state index contributed by atoms with van der Waals surface area (Å²) in [5, 5.41) is 2.03. The van der Waals surface area contributed by atoms with Crippen LogP contribution in [0.15, 0.2) is 21.8 Å². The summed E-state index contributed by atoms with van der Waals surface area (Å²) >= 11 is 2.71. The number of allylic oxidation sites excluding steroid dienone is 3. The number of amides is 1. The van der Waals surface area contributed by atoms with Crippen LogP contribution in [0, 0.1) is 0 Å². The van der Waals surface area contributed by atoms with Gasteiger partial charge in [-0.25, -0.2) is 0 Å². The number of halogens is 4. The second-order valence-electron chi connectivity index (χ2n) is 3.54. The first kappa shape index (κ1) is 15.7. The Balaban J connectivity index is 2.99. The van der Waals surface area contributed by atoms with Gasteiger partial charge in [0.05, 0.1) is 12.2 Å². The Bertz CT molecular complexity index is 446. The molecule has 1 amide bonds. The molecule has 0 saturated carbocycles. The molecule has 0 saturated heterocycles. The molecule has 0 unspecified atom stereocenters.